The summed E-state index contributed by atoms with van der Waals surface area (Å²) in [5, 5.41) is 10.1. The highest BCUT2D eigenvalue weighted by Crippen LogP contribution is 2.39. The van der Waals surface area contributed by atoms with Gasteiger partial charge in [-0.15, -0.1) is 0 Å². The molecular formula is C16H32O. The third-order valence-electron chi connectivity index (χ3n) is 5.14. The number of aliphatic hydroxyl groups excluding tert-OH is 1. The average molecular weight is 240 g/mol. The maximum Gasteiger partial charge on any atom is 0.0565 e. The first-order valence-electron chi connectivity index (χ1n) is 7.80. The van der Waals surface area contributed by atoms with E-state index in [2.05, 4.69) is 27.7 Å². The maximum atomic E-state index is 10.1. The van der Waals surface area contributed by atoms with Gasteiger partial charge in [0.1, 0.15) is 0 Å². The molecule has 0 heterocycles. The average Bonchev–Trinajstić information content (AvgIpc) is 2.36. The summed E-state index contributed by atoms with van der Waals surface area (Å²) in [4.78, 5) is 0. The van der Waals surface area contributed by atoms with Crippen molar-refractivity contribution in [1.29, 1.82) is 0 Å². The Morgan fingerprint density at radius 2 is 1.82 bits per heavy atom. The molecule has 5 atom stereocenters. The van der Waals surface area contributed by atoms with Gasteiger partial charge in [0, 0.05) is 0 Å². The topological polar surface area (TPSA) is 20.2 Å². The largest absolute Gasteiger partial charge is 0.393 e. The Morgan fingerprint density at radius 3 is 2.35 bits per heavy atom. The zero-order chi connectivity index (χ0) is 12.8. The third-order valence-corrected chi connectivity index (χ3v) is 5.14. The van der Waals surface area contributed by atoms with Crippen molar-refractivity contribution in [2.75, 3.05) is 0 Å². The monoisotopic (exact) mass is 240 g/mol. The second-order valence-electron chi connectivity index (χ2n) is 6.20. The Hall–Kier alpha value is -0.0400. The molecule has 1 N–H and O–H groups in total. The van der Waals surface area contributed by atoms with Gasteiger partial charge in [0.25, 0.3) is 0 Å². The van der Waals surface area contributed by atoms with Crippen LogP contribution in [0, 0.1) is 23.7 Å². The van der Waals surface area contributed by atoms with E-state index in [4.69, 9.17) is 0 Å². The molecule has 1 heteroatoms. The maximum absolute atomic E-state index is 10.1. The first kappa shape index (κ1) is 15.0. The lowest BCUT2D eigenvalue weighted by atomic mass is 9.70. The molecular weight excluding hydrogens is 208 g/mol. The minimum Gasteiger partial charge on any atom is -0.393 e. The zero-order valence-corrected chi connectivity index (χ0v) is 12.3. The predicted octanol–water partition coefficient (Wildman–Crippen LogP) is 4.64. The van der Waals surface area contributed by atoms with Crippen LogP contribution < -0.4 is 0 Å². The minimum absolute atomic E-state index is 0.0748. The second kappa shape index (κ2) is 7.41. The van der Waals surface area contributed by atoms with Crippen molar-refractivity contribution in [1.82, 2.24) is 0 Å². The van der Waals surface area contributed by atoms with E-state index in [0.29, 0.717) is 5.92 Å². The Morgan fingerprint density at radius 1 is 1.12 bits per heavy atom. The fraction of sp³-hybridized carbons (Fsp3) is 1.00. The highest BCUT2D eigenvalue weighted by atomic mass is 16.3. The first-order valence-corrected chi connectivity index (χ1v) is 7.80. The van der Waals surface area contributed by atoms with E-state index in [1.807, 2.05) is 0 Å². The Kier molecular flexibility index (Phi) is 6.54. The van der Waals surface area contributed by atoms with Crippen molar-refractivity contribution in [3.63, 3.8) is 0 Å². The highest BCUT2D eigenvalue weighted by Gasteiger charge is 2.30. The molecule has 0 aromatic heterocycles. The zero-order valence-electron chi connectivity index (χ0n) is 12.3. The van der Waals surface area contributed by atoms with E-state index in [9.17, 15) is 5.11 Å². The van der Waals surface area contributed by atoms with Crippen LogP contribution in [0.3, 0.4) is 0 Å². The molecule has 0 spiro atoms. The predicted molar refractivity (Wildman–Crippen MR) is 75.0 cm³/mol. The van der Waals surface area contributed by atoms with Gasteiger partial charge in [0.15, 0.2) is 0 Å². The van der Waals surface area contributed by atoms with Gasteiger partial charge in [-0.2, -0.15) is 0 Å². The van der Waals surface area contributed by atoms with E-state index in [1.54, 1.807) is 0 Å². The number of rotatable bonds is 6. The Balaban J connectivity index is 2.51. The van der Waals surface area contributed by atoms with Gasteiger partial charge in [-0.1, -0.05) is 53.4 Å². The van der Waals surface area contributed by atoms with Gasteiger partial charge in [0.2, 0.25) is 0 Å². The molecule has 1 saturated carbocycles. The summed E-state index contributed by atoms with van der Waals surface area (Å²) in [5.41, 5.74) is 0. The van der Waals surface area contributed by atoms with E-state index >= 15 is 0 Å². The van der Waals surface area contributed by atoms with Crippen molar-refractivity contribution < 1.29 is 5.11 Å². The van der Waals surface area contributed by atoms with Gasteiger partial charge < -0.3 is 5.11 Å². The van der Waals surface area contributed by atoms with Crippen LogP contribution in [0.15, 0.2) is 0 Å². The van der Waals surface area contributed by atoms with Crippen LogP contribution >= 0.6 is 0 Å². The number of aliphatic hydroxyl groups is 1. The molecule has 17 heavy (non-hydrogen) atoms. The van der Waals surface area contributed by atoms with E-state index < -0.39 is 0 Å². The summed E-state index contributed by atoms with van der Waals surface area (Å²) in [5.74, 6) is 3.21. The van der Waals surface area contributed by atoms with Crippen LogP contribution in [0.1, 0.15) is 72.6 Å². The van der Waals surface area contributed by atoms with Gasteiger partial charge >= 0.3 is 0 Å². The molecule has 102 valence electrons. The Bertz CT molecular complexity index is 202. The lowest BCUT2D eigenvalue weighted by Gasteiger charge is -2.37. The summed E-state index contributed by atoms with van der Waals surface area (Å²) in [6, 6.07) is 0. The van der Waals surface area contributed by atoms with E-state index in [1.165, 1.54) is 32.1 Å². The summed E-state index contributed by atoms with van der Waals surface area (Å²) in [6.45, 7) is 9.08. The van der Waals surface area contributed by atoms with Gasteiger partial charge in [-0.25, -0.2) is 0 Å². The normalized spacial score (nSPS) is 33.4. The summed E-state index contributed by atoms with van der Waals surface area (Å²) in [7, 11) is 0. The molecule has 1 nitrogen and oxygen atoms in total. The summed E-state index contributed by atoms with van der Waals surface area (Å²) >= 11 is 0. The van der Waals surface area contributed by atoms with Crippen molar-refractivity contribution in [2.24, 2.45) is 23.7 Å². The van der Waals surface area contributed by atoms with Crippen LogP contribution in [0.4, 0.5) is 0 Å². The lowest BCUT2D eigenvalue weighted by molar-refractivity contribution is 0.0644. The first-order chi connectivity index (χ1) is 8.12. The molecule has 3 unspecified atom stereocenters. The summed E-state index contributed by atoms with van der Waals surface area (Å²) < 4.78 is 0. The van der Waals surface area contributed by atoms with Crippen LogP contribution in [0.5, 0.6) is 0 Å². The fourth-order valence-electron chi connectivity index (χ4n) is 3.53. The van der Waals surface area contributed by atoms with Crippen LogP contribution in [-0.4, -0.2) is 11.2 Å². The van der Waals surface area contributed by atoms with E-state index in [0.717, 1.165) is 30.6 Å². The minimum atomic E-state index is -0.0748. The molecule has 1 aliphatic carbocycles. The van der Waals surface area contributed by atoms with Crippen LogP contribution in [0.25, 0.3) is 0 Å². The molecule has 0 saturated heterocycles. The molecule has 0 aliphatic heterocycles. The van der Waals surface area contributed by atoms with Crippen LogP contribution in [0.2, 0.25) is 0 Å². The molecule has 0 radical (unpaired) electrons. The highest BCUT2D eigenvalue weighted by molar-refractivity contribution is 4.81. The third kappa shape index (κ3) is 4.28. The molecule has 1 fully saturated rings. The lowest BCUT2D eigenvalue weighted by Crippen LogP contribution is -2.28. The smallest absolute Gasteiger partial charge is 0.0565 e. The molecule has 0 bridgehead atoms. The number of hydrogen-bond acceptors (Lipinski definition) is 1. The van der Waals surface area contributed by atoms with Gasteiger partial charge in [-0.3, -0.25) is 0 Å². The quantitative estimate of drug-likeness (QED) is 0.717. The molecule has 1 aliphatic rings. The van der Waals surface area contributed by atoms with Crippen molar-refractivity contribution in [2.45, 2.75) is 78.7 Å². The molecule has 0 aromatic carbocycles. The van der Waals surface area contributed by atoms with Crippen LogP contribution in [-0.2, 0) is 0 Å². The van der Waals surface area contributed by atoms with Gasteiger partial charge in [0.05, 0.1) is 6.10 Å². The molecule has 0 aromatic rings. The standard InChI is InChI=1S/C16H32O/c1-5-13-9-8-12(4)15(10-13)11-14(6-2)16(17)7-3/h12-17H,5-11H2,1-4H3/t12?,13?,14-,15?,16-/m1/s1. The SMILES string of the molecule is CCC1CCC(C)C(C[C@@H](CC)[C@H](O)CC)C1. The second-order valence-corrected chi connectivity index (χ2v) is 6.20. The van der Waals surface area contributed by atoms with Crippen molar-refractivity contribution >= 4 is 0 Å². The summed E-state index contributed by atoms with van der Waals surface area (Å²) in [6.07, 6.45) is 8.81. The Labute approximate surface area is 108 Å². The number of hydrogen-bond donors (Lipinski definition) is 1. The van der Waals surface area contributed by atoms with Crippen molar-refractivity contribution in [3.8, 4) is 0 Å². The van der Waals surface area contributed by atoms with Gasteiger partial charge in [-0.05, 0) is 42.9 Å². The fourth-order valence-corrected chi connectivity index (χ4v) is 3.53. The molecule has 1 rings (SSSR count). The molecule has 0 amide bonds. The van der Waals surface area contributed by atoms with E-state index in [-0.39, 0.29) is 6.10 Å². The van der Waals surface area contributed by atoms with Crippen molar-refractivity contribution in [3.05, 3.63) is 0 Å².